The van der Waals surface area contributed by atoms with Gasteiger partial charge in [-0.3, -0.25) is 0 Å². The summed E-state index contributed by atoms with van der Waals surface area (Å²) in [5.41, 5.74) is 2.89. The van der Waals surface area contributed by atoms with E-state index in [-0.39, 0.29) is 0 Å². The minimum atomic E-state index is 0.821. The molecule has 29 heavy (non-hydrogen) atoms. The van der Waals surface area contributed by atoms with Crippen molar-refractivity contribution in [3.63, 3.8) is 0 Å². The van der Waals surface area contributed by atoms with Crippen LogP contribution in [0.3, 0.4) is 0 Å². The second kappa shape index (κ2) is 15.5. The molecule has 3 nitrogen and oxygen atoms in total. The van der Waals surface area contributed by atoms with Gasteiger partial charge in [-0.1, -0.05) is 76.0 Å². The Kier molecular flexibility index (Phi) is 12.8. The third-order valence-corrected chi connectivity index (χ3v) is 6.18. The van der Waals surface area contributed by atoms with Crippen LogP contribution in [-0.2, 0) is 0 Å². The lowest BCUT2D eigenvalue weighted by Gasteiger charge is -2.32. The van der Waals surface area contributed by atoms with E-state index in [9.17, 15) is 0 Å². The molecule has 0 fully saturated rings. The molecule has 0 saturated heterocycles. The summed E-state index contributed by atoms with van der Waals surface area (Å²) >= 11 is 0. The first-order chi connectivity index (χ1) is 14.3. The number of rotatable bonds is 6. The maximum atomic E-state index is 5.30. The SMILES string of the molecule is C=CCN(CC=C)N1CCCCCCCCC(/C2=C/CCCCCCCCC2)=N1. The first kappa shape index (κ1) is 23.9. The lowest BCUT2D eigenvalue weighted by molar-refractivity contribution is -0.00379. The Morgan fingerprint density at radius 2 is 1.31 bits per heavy atom. The maximum Gasteiger partial charge on any atom is 0.0649 e. The number of nitrogens with zero attached hydrogens (tertiary/aromatic N) is 3. The van der Waals surface area contributed by atoms with E-state index in [0.717, 1.165) is 26.1 Å². The molecule has 0 bridgehead atoms. The van der Waals surface area contributed by atoms with Crippen LogP contribution in [0.1, 0.15) is 103 Å². The van der Waals surface area contributed by atoms with Crippen LogP contribution in [-0.4, -0.2) is 35.5 Å². The van der Waals surface area contributed by atoms with Gasteiger partial charge in [0.15, 0.2) is 0 Å². The Labute approximate surface area is 180 Å². The summed E-state index contributed by atoms with van der Waals surface area (Å²) in [6, 6.07) is 0. The molecule has 0 unspecified atom stereocenters. The molecule has 0 radical (unpaired) electrons. The largest absolute Gasteiger partial charge is 0.226 e. The molecule has 1 aliphatic heterocycles. The average molecular weight is 400 g/mol. The first-order valence-electron chi connectivity index (χ1n) is 12.4. The fourth-order valence-corrected chi connectivity index (χ4v) is 4.47. The van der Waals surface area contributed by atoms with Crippen LogP contribution in [0.2, 0.25) is 0 Å². The van der Waals surface area contributed by atoms with Gasteiger partial charge in [0, 0.05) is 13.1 Å². The van der Waals surface area contributed by atoms with E-state index in [1.807, 2.05) is 12.2 Å². The third kappa shape index (κ3) is 9.80. The summed E-state index contributed by atoms with van der Waals surface area (Å²) in [6.07, 6.45) is 27.5. The third-order valence-electron chi connectivity index (χ3n) is 6.18. The van der Waals surface area contributed by atoms with Crippen LogP contribution in [0, 0.1) is 0 Å². The molecular formula is C26H45N3. The van der Waals surface area contributed by atoms with E-state index in [0.29, 0.717) is 0 Å². The molecule has 2 rings (SSSR count). The monoisotopic (exact) mass is 399 g/mol. The summed E-state index contributed by atoms with van der Waals surface area (Å²) < 4.78 is 0. The number of hydrazone groups is 1. The van der Waals surface area contributed by atoms with Crippen LogP contribution in [0.15, 0.2) is 42.1 Å². The van der Waals surface area contributed by atoms with Gasteiger partial charge in [0.2, 0.25) is 0 Å². The predicted molar refractivity (Wildman–Crippen MR) is 128 cm³/mol. The van der Waals surface area contributed by atoms with Crippen molar-refractivity contribution in [3.8, 4) is 0 Å². The summed E-state index contributed by atoms with van der Waals surface area (Å²) in [5.74, 6) is 0. The zero-order valence-electron chi connectivity index (χ0n) is 18.9. The predicted octanol–water partition coefficient (Wildman–Crippen LogP) is 7.43. The van der Waals surface area contributed by atoms with Gasteiger partial charge in [-0.05, 0) is 50.5 Å². The zero-order valence-corrected chi connectivity index (χ0v) is 18.9. The number of hydrazine groups is 1. The van der Waals surface area contributed by atoms with Gasteiger partial charge < -0.3 is 0 Å². The normalized spacial score (nSPS) is 23.1. The molecule has 1 heterocycles. The fourth-order valence-electron chi connectivity index (χ4n) is 4.47. The van der Waals surface area contributed by atoms with E-state index < -0.39 is 0 Å². The van der Waals surface area contributed by atoms with Gasteiger partial charge in [-0.2, -0.15) is 10.1 Å². The van der Waals surface area contributed by atoms with E-state index in [2.05, 4.69) is 29.4 Å². The molecule has 0 atom stereocenters. The van der Waals surface area contributed by atoms with Crippen molar-refractivity contribution in [2.45, 2.75) is 103 Å². The molecule has 0 aromatic heterocycles. The molecule has 0 saturated carbocycles. The Morgan fingerprint density at radius 1 is 0.759 bits per heavy atom. The molecule has 0 spiro atoms. The molecule has 0 amide bonds. The van der Waals surface area contributed by atoms with Gasteiger partial charge in [0.25, 0.3) is 0 Å². The summed E-state index contributed by atoms with van der Waals surface area (Å²) in [4.78, 5) is 0. The van der Waals surface area contributed by atoms with Crippen molar-refractivity contribution >= 4 is 5.71 Å². The standard InChI is InChI=1S/C26H45N3/c1-3-22-28(23-4-2)29-24-18-14-10-9-13-17-21-26(27-29)25-19-15-11-7-5-6-8-12-16-20-25/h3-4,19H,1-2,5-18,20-24H2/b25-19+,27-26?. The van der Waals surface area contributed by atoms with Crippen LogP contribution in [0.25, 0.3) is 0 Å². The minimum Gasteiger partial charge on any atom is -0.226 e. The van der Waals surface area contributed by atoms with Crippen LogP contribution in [0.5, 0.6) is 0 Å². The summed E-state index contributed by atoms with van der Waals surface area (Å²) in [6.45, 7) is 10.6. The highest BCUT2D eigenvalue weighted by molar-refractivity contribution is 5.99. The molecule has 0 N–H and O–H groups in total. The van der Waals surface area contributed by atoms with Crippen LogP contribution in [0.4, 0.5) is 0 Å². The van der Waals surface area contributed by atoms with Gasteiger partial charge in [-0.15, -0.1) is 13.2 Å². The maximum absolute atomic E-state index is 5.30. The quantitative estimate of drug-likeness (QED) is 0.432. The topological polar surface area (TPSA) is 18.8 Å². The van der Waals surface area contributed by atoms with Gasteiger partial charge in [0.05, 0.1) is 12.3 Å². The van der Waals surface area contributed by atoms with E-state index >= 15 is 0 Å². The second-order valence-electron chi connectivity index (χ2n) is 8.71. The highest BCUT2D eigenvalue weighted by Gasteiger charge is 2.16. The molecular weight excluding hydrogens is 354 g/mol. The second-order valence-corrected chi connectivity index (χ2v) is 8.71. The molecule has 0 aromatic rings. The van der Waals surface area contributed by atoms with Crippen molar-refractivity contribution < 1.29 is 0 Å². The summed E-state index contributed by atoms with van der Waals surface area (Å²) in [5, 5.41) is 9.84. The Balaban J connectivity index is 2.25. The highest BCUT2D eigenvalue weighted by Crippen LogP contribution is 2.22. The van der Waals surface area contributed by atoms with E-state index in [4.69, 9.17) is 5.10 Å². The van der Waals surface area contributed by atoms with Crippen LogP contribution >= 0.6 is 0 Å². The lowest BCUT2D eigenvalue weighted by atomic mass is 9.97. The van der Waals surface area contributed by atoms with E-state index in [1.54, 1.807) is 0 Å². The van der Waals surface area contributed by atoms with E-state index in [1.165, 1.54) is 108 Å². The van der Waals surface area contributed by atoms with Crippen molar-refractivity contribution in [1.29, 1.82) is 0 Å². The van der Waals surface area contributed by atoms with Crippen molar-refractivity contribution in [2.24, 2.45) is 5.10 Å². The smallest absolute Gasteiger partial charge is 0.0649 e. The summed E-state index contributed by atoms with van der Waals surface area (Å²) in [7, 11) is 0. The number of hydrogen-bond acceptors (Lipinski definition) is 3. The number of hydrogen-bond donors (Lipinski definition) is 0. The number of allylic oxidation sites excluding steroid dienone is 2. The molecule has 1 aliphatic carbocycles. The fraction of sp³-hybridized carbons (Fsp3) is 0.731. The van der Waals surface area contributed by atoms with Crippen molar-refractivity contribution in [2.75, 3.05) is 19.6 Å². The van der Waals surface area contributed by atoms with Crippen LogP contribution < -0.4 is 0 Å². The zero-order chi connectivity index (χ0) is 20.6. The Hall–Kier alpha value is -1.35. The Bertz CT molecular complexity index is 510. The average Bonchev–Trinajstić information content (AvgIpc) is 2.82. The van der Waals surface area contributed by atoms with Gasteiger partial charge >= 0.3 is 0 Å². The molecule has 0 aromatic carbocycles. The molecule has 2 aliphatic rings. The first-order valence-corrected chi connectivity index (χ1v) is 12.4. The van der Waals surface area contributed by atoms with Gasteiger partial charge in [-0.25, -0.2) is 5.12 Å². The van der Waals surface area contributed by atoms with Crippen molar-refractivity contribution in [3.05, 3.63) is 37.0 Å². The van der Waals surface area contributed by atoms with Gasteiger partial charge in [0.1, 0.15) is 0 Å². The lowest BCUT2D eigenvalue weighted by Crippen LogP contribution is -2.40. The minimum absolute atomic E-state index is 0.821. The molecule has 3 heteroatoms. The highest BCUT2D eigenvalue weighted by atomic mass is 15.8. The van der Waals surface area contributed by atoms with Crippen molar-refractivity contribution in [1.82, 2.24) is 10.1 Å². The Morgan fingerprint density at radius 3 is 1.97 bits per heavy atom. The molecule has 164 valence electrons.